The molecule has 1 saturated heterocycles. The standard InChI is InChI=1S/C30H35F3N2O4/c1-19(2)29(28(38)35-17-21-15-22(30(31,32)33)7-8-26(21)39-18-35)12-9-23(16-29)34-13-10-20(11-14-34)24-5-3-4-6-25(24)27(36)37/h3-8,15,19-20,23H,9-14,16-18H2,1-2H3,(H,36,37)/t23-,29+/m1/s1. The number of carbonyl (C=O) groups is 2. The molecular formula is C30H35F3N2O4. The highest BCUT2D eigenvalue weighted by molar-refractivity contribution is 5.89. The highest BCUT2D eigenvalue weighted by atomic mass is 19.4. The summed E-state index contributed by atoms with van der Waals surface area (Å²) < 4.78 is 45.5. The van der Waals surface area contributed by atoms with Gasteiger partial charge in [-0.25, -0.2) is 4.79 Å². The van der Waals surface area contributed by atoms with Gasteiger partial charge >= 0.3 is 12.1 Å². The van der Waals surface area contributed by atoms with Gasteiger partial charge in [0, 0.05) is 11.6 Å². The minimum Gasteiger partial charge on any atom is -0.478 e. The fourth-order valence-corrected chi connectivity index (χ4v) is 6.81. The Hall–Kier alpha value is -3.07. The van der Waals surface area contributed by atoms with Crippen molar-refractivity contribution in [1.82, 2.24) is 9.80 Å². The van der Waals surface area contributed by atoms with Crippen molar-refractivity contribution < 1.29 is 32.6 Å². The van der Waals surface area contributed by atoms with Crippen LogP contribution in [0.3, 0.4) is 0 Å². The minimum atomic E-state index is -4.46. The van der Waals surface area contributed by atoms with Gasteiger partial charge in [-0.2, -0.15) is 13.2 Å². The van der Waals surface area contributed by atoms with Gasteiger partial charge in [-0.1, -0.05) is 32.0 Å². The molecule has 1 N–H and O–H groups in total. The molecule has 1 aliphatic carbocycles. The van der Waals surface area contributed by atoms with Crippen molar-refractivity contribution >= 4 is 11.9 Å². The molecular weight excluding hydrogens is 509 g/mol. The van der Waals surface area contributed by atoms with Gasteiger partial charge in [-0.3, -0.25) is 4.79 Å². The smallest absolute Gasteiger partial charge is 0.416 e. The first-order valence-corrected chi connectivity index (χ1v) is 13.7. The molecule has 6 nitrogen and oxygen atoms in total. The molecule has 9 heteroatoms. The lowest BCUT2D eigenvalue weighted by Crippen LogP contribution is -2.49. The van der Waals surface area contributed by atoms with E-state index in [-0.39, 0.29) is 37.1 Å². The zero-order valence-electron chi connectivity index (χ0n) is 22.3. The molecule has 0 radical (unpaired) electrons. The Labute approximate surface area is 226 Å². The topological polar surface area (TPSA) is 70.1 Å². The molecule has 2 aliphatic heterocycles. The second kappa shape index (κ2) is 10.5. The maximum Gasteiger partial charge on any atom is 0.416 e. The highest BCUT2D eigenvalue weighted by Crippen LogP contribution is 2.49. The summed E-state index contributed by atoms with van der Waals surface area (Å²) >= 11 is 0. The molecule has 39 heavy (non-hydrogen) atoms. The number of carboxylic acid groups (broad SMARTS) is 1. The number of likely N-dealkylation sites (tertiary alicyclic amines) is 1. The van der Waals surface area contributed by atoms with Crippen LogP contribution in [-0.2, 0) is 17.5 Å². The predicted octanol–water partition coefficient (Wildman–Crippen LogP) is 6.16. The van der Waals surface area contributed by atoms with E-state index in [0.717, 1.165) is 56.5 Å². The van der Waals surface area contributed by atoms with E-state index < -0.39 is 23.1 Å². The van der Waals surface area contributed by atoms with Gasteiger partial charge in [0.1, 0.15) is 5.75 Å². The molecule has 2 atom stereocenters. The number of nitrogens with zero attached hydrogens (tertiary/aromatic N) is 2. The maximum absolute atomic E-state index is 14.0. The van der Waals surface area contributed by atoms with E-state index in [9.17, 15) is 27.9 Å². The van der Waals surface area contributed by atoms with Crippen LogP contribution in [0.25, 0.3) is 0 Å². The number of piperidine rings is 1. The SMILES string of the molecule is CC(C)[C@]1(C(=O)N2COc3ccc(C(F)(F)F)cc3C2)CC[C@@H](N2CCC(c3ccccc3C(=O)O)CC2)C1. The normalized spacial score (nSPS) is 24.5. The summed E-state index contributed by atoms with van der Waals surface area (Å²) in [5.74, 6) is -0.296. The number of alkyl halides is 3. The van der Waals surface area contributed by atoms with Crippen LogP contribution in [0.1, 0.15) is 78.9 Å². The van der Waals surface area contributed by atoms with Gasteiger partial charge in [-0.05, 0) is 86.9 Å². The number of hydrogen-bond donors (Lipinski definition) is 1. The number of rotatable bonds is 5. The summed E-state index contributed by atoms with van der Waals surface area (Å²) in [6.45, 7) is 5.92. The van der Waals surface area contributed by atoms with Gasteiger partial charge in [-0.15, -0.1) is 0 Å². The lowest BCUT2D eigenvalue weighted by molar-refractivity contribution is -0.150. The zero-order valence-corrected chi connectivity index (χ0v) is 22.3. The van der Waals surface area contributed by atoms with Crippen LogP contribution >= 0.6 is 0 Å². The molecule has 0 bridgehead atoms. The zero-order chi connectivity index (χ0) is 27.9. The Morgan fingerprint density at radius 3 is 2.46 bits per heavy atom. The molecule has 5 rings (SSSR count). The van der Waals surface area contributed by atoms with Crippen molar-refractivity contribution in [3.63, 3.8) is 0 Å². The Balaban J connectivity index is 1.26. The Morgan fingerprint density at radius 1 is 1.08 bits per heavy atom. The highest BCUT2D eigenvalue weighted by Gasteiger charge is 2.51. The fourth-order valence-electron chi connectivity index (χ4n) is 6.81. The average molecular weight is 545 g/mol. The van der Waals surface area contributed by atoms with E-state index in [1.165, 1.54) is 6.07 Å². The number of halogens is 3. The van der Waals surface area contributed by atoms with E-state index in [4.69, 9.17) is 4.74 Å². The summed E-state index contributed by atoms with van der Waals surface area (Å²) in [4.78, 5) is 29.7. The number of hydrogen-bond acceptors (Lipinski definition) is 4. The monoisotopic (exact) mass is 544 g/mol. The number of ether oxygens (including phenoxy) is 1. The number of carbonyl (C=O) groups excluding carboxylic acids is 1. The Bertz CT molecular complexity index is 1240. The van der Waals surface area contributed by atoms with Crippen LogP contribution in [0.4, 0.5) is 13.2 Å². The largest absolute Gasteiger partial charge is 0.478 e. The van der Waals surface area contributed by atoms with E-state index in [1.807, 2.05) is 12.1 Å². The molecule has 0 unspecified atom stereocenters. The van der Waals surface area contributed by atoms with Crippen molar-refractivity contribution in [2.24, 2.45) is 11.3 Å². The number of fused-ring (bicyclic) bond motifs is 1. The molecule has 1 saturated carbocycles. The van der Waals surface area contributed by atoms with Gasteiger partial charge < -0.3 is 19.6 Å². The average Bonchev–Trinajstić information content (AvgIpc) is 3.38. The Morgan fingerprint density at radius 2 is 1.79 bits per heavy atom. The van der Waals surface area contributed by atoms with Crippen LogP contribution in [0.5, 0.6) is 5.75 Å². The van der Waals surface area contributed by atoms with Crippen LogP contribution in [-0.4, -0.2) is 52.6 Å². The number of amides is 1. The van der Waals surface area contributed by atoms with E-state index in [1.54, 1.807) is 17.0 Å². The molecule has 2 fully saturated rings. The summed E-state index contributed by atoms with van der Waals surface area (Å²) in [5.41, 5.74) is 0.297. The van der Waals surface area contributed by atoms with Crippen LogP contribution in [0.15, 0.2) is 42.5 Å². The summed E-state index contributed by atoms with van der Waals surface area (Å²) in [5, 5.41) is 9.59. The molecule has 1 amide bonds. The van der Waals surface area contributed by atoms with Crippen molar-refractivity contribution in [3.8, 4) is 5.75 Å². The van der Waals surface area contributed by atoms with Crippen molar-refractivity contribution in [3.05, 3.63) is 64.7 Å². The molecule has 210 valence electrons. The maximum atomic E-state index is 14.0. The van der Waals surface area contributed by atoms with Crippen LogP contribution < -0.4 is 4.74 Å². The predicted molar refractivity (Wildman–Crippen MR) is 139 cm³/mol. The first-order chi connectivity index (χ1) is 18.5. The Kier molecular flexibility index (Phi) is 7.39. The van der Waals surface area contributed by atoms with E-state index in [0.29, 0.717) is 23.3 Å². The summed E-state index contributed by atoms with van der Waals surface area (Å²) in [6.07, 6.45) is -0.427. The number of aromatic carboxylic acids is 1. The molecule has 0 aromatic heterocycles. The van der Waals surface area contributed by atoms with Crippen LogP contribution in [0, 0.1) is 11.3 Å². The van der Waals surface area contributed by atoms with E-state index in [2.05, 4.69) is 18.7 Å². The number of carboxylic acids is 1. The lowest BCUT2D eigenvalue weighted by atomic mass is 9.74. The summed E-state index contributed by atoms with van der Waals surface area (Å²) in [6, 6.07) is 10.9. The van der Waals surface area contributed by atoms with Gasteiger partial charge in [0.15, 0.2) is 6.73 Å². The first-order valence-electron chi connectivity index (χ1n) is 13.7. The van der Waals surface area contributed by atoms with Gasteiger partial charge in [0.2, 0.25) is 5.91 Å². The molecule has 3 aliphatic rings. The molecule has 2 heterocycles. The second-order valence-corrected chi connectivity index (χ2v) is 11.5. The third-order valence-electron chi connectivity index (χ3n) is 9.14. The van der Waals surface area contributed by atoms with E-state index >= 15 is 0 Å². The third kappa shape index (κ3) is 5.25. The van der Waals surface area contributed by atoms with Gasteiger partial charge in [0.05, 0.1) is 23.1 Å². The first kappa shape index (κ1) is 27.5. The quantitative estimate of drug-likeness (QED) is 0.489. The summed E-state index contributed by atoms with van der Waals surface area (Å²) in [7, 11) is 0. The molecule has 2 aromatic carbocycles. The molecule has 0 spiro atoms. The van der Waals surface area contributed by atoms with Crippen molar-refractivity contribution in [2.45, 2.75) is 70.6 Å². The van der Waals surface area contributed by atoms with Crippen LogP contribution in [0.2, 0.25) is 0 Å². The lowest BCUT2D eigenvalue weighted by Gasteiger charge is -2.41. The van der Waals surface area contributed by atoms with Gasteiger partial charge in [0.25, 0.3) is 0 Å². The minimum absolute atomic E-state index is 0.0325. The third-order valence-corrected chi connectivity index (χ3v) is 9.14. The fraction of sp³-hybridized carbons (Fsp3) is 0.533. The molecule has 2 aromatic rings. The van der Waals surface area contributed by atoms with Crippen molar-refractivity contribution in [1.29, 1.82) is 0 Å². The second-order valence-electron chi connectivity index (χ2n) is 11.5. The number of benzene rings is 2. The van der Waals surface area contributed by atoms with Crippen molar-refractivity contribution in [2.75, 3.05) is 19.8 Å².